The van der Waals surface area contributed by atoms with Crippen LogP contribution < -0.4 is 0 Å². The molecule has 0 aliphatic carbocycles. The van der Waals surface area contributed by atoms with Crippen molar-refractivity contribution < 1.29 is 19.1 Å². The van der Waals surface area contributed by atoms with Crippen molar-refractivity contribution in [1.82, 2.24) is 4.90 Å². The standard InChI is InChI=1S/C20H37NO4/c1-8-11-19(6,7)25-17(23)21-14-12-20(10-3,13-15-21)24-16(22)18(4,5)9-2/h8-15H2,1-7H3. The van der Waals surface area contributed by atoms with Crippen molar-refractivity contribution in [3.8, 4) is 0 Å². The monoisotopic (exact) mass is 355 g/mol. The minimum absolute atomic E-state index is 0.142. The first-order valence-corrected chi connectivity index (χ1v) is 9.72. The van der Waals surface area contributed by atoms with Gasteiger partial charge in [-0.2, -0.15) is 0 Å². The van der Waals surface area contributed by atoms with Crippen molar-refractivity contribution in [2.45, 2.75) is 98.2 Å². The maximum absolute atomic E-state index is 12.5. The van der Waals surface area contributed by atoms with Gasteiger partial charge in [-0.1, -0.05) is 27.2 Å². The molecule has 0 unspecified atom stereocenters. The van der Waals surface area contributed by atoms with Gasteiger partial charge in [0.15, 0.2) is 0 Å². The van der Waals surface area contributed by atoms with E-state index in [0.717, 1.165) is 25.7 Å². The number of likely N-dealkylation sites (tertiary alicyclic amines) is 1. The molecule has 1 aliphatic rings. The summed E-state index contributed by atoms with van der Waals surface area (Å²) in [6.45, 7) is 15.0. The van der Waals surface area contributed by atoms with Crippen LogP contribution in [0.2, 0.25) is 0 Å². The number of rotatable bonds is 7. The summed E-state index contributed by atoms with van der Waals surface area (Å²) < 4.78 is 11.6. The third-order valence-corrected chi connectivity index (χ3v) is 5.54. The van der Waals surface area contributed by atoms with Crippen molar-refractivity contribution in [3.63, 3.8) is 0 Å². The van der Waals surface area contributed by atoms with Crippen LogP contribution in [0.4, 0.5) is 4.79 Å². The lowest BCUT2D eigenvalue weighted by atomic mass is 9.86. The average Bonchev–Trinajstić information content (AvgIpc) is 2.54. The molecule has 1 fully saturated rings. The highest BCUT2D eigenvalue weighted by Crippen LogP contribution is 2.34. The molecule has 0 atom stereocenters. The van der Waals surface area contributed by atoms with Gasteiger partial charge in [-0.15, -0.1) is 0 Å². The smallest absolute Gasteiger partial charge is 0.410 e. The quantitative estimate of drug-likeness (QED) is 0.608. The number of hydrogen-bond donors (Lipinski definition) is 0. The van der Waals surface area contributed by atoms with Crippen molar-refractivity contribution in [2.75, 3.05) is 13.1 Å². The van der Waals surface area contributed by atoms with E-state index in [4.69, 9.17) is 9.47 Å². The Balaban J connectivity index is 2.65. The predicted molar refractivity (Wildman–Crippen MR) is 99.5 cm³/mol. The Morgan fingerprint density at radius 1 is 1.04 bits per heavy atom. The van der Waals surface area contributed by atoms with Gasteiger partial charge in [0.1, 0.15) is 11.2 Å². The summed E-state index contributed by atoms with van der Waals surface area (Å²) in [4.78, 5) is 26.6. The van der Waals surface area contributed by atoms with Gasteiger partial charge in [0, 0.05) is 25.9 Å². The Morgan fingerprint density at radius 2 is 1.60 bits per heavy atom. The minimum atomic E-state index is -0.470. The summed E-state index contributed by atoms with van der Waals surface area (Å²) in [6.07, 6.45) is 4.40. The van der Waals surface area contributed by atoms with Crippen LogP contribution in [-0.2, 0) is 14.3 Å². The van der Waals surface area contributed by atoms with E-state index >= 15 is 0 Å². The van der Waals surface area contributed by atoms with Crippen LogP contribution in [0, 0.1) is 5.41 Å². The van der Waals surface area contributed by atoms with Crippen LogP contribution in [-0.4, -0.2) is 41.3 Å². The van der Waals surface area contributed by atoms with E-state index in [-0.39, 0.29) is 12.1 Å². The van der Waals surface area contributed by atoms with Gasteiger partial charge in [0.2, 0.25) is 0 Å². The molecule has 1 heterocycles. The Labute approximate surface area is 153 Å². The zero-order chi connectivity index (χ0) is 19.3. The first-order valence-electron chi connectivity index (χ1n) is 9.72. The number of piperidine rings is 1. The zero-order valence-electron chi connectivity index (χ0n) is 17.2. The normalized spacial score (nSPS) is 18.0. The van der Waals surface area contributed by atoms with E-state index in [1.54, 1.807) is 4.90 Å². The van der Waals surface area contributed by atoms with Crippen molar-refractivity contribution in [2.24, 2.45) is 5.41 Å². The van der Waals surface area contributed by atoms with Crippen molar-refractivity contribution in [1.29, 1.82) is 0 Å². The van der Waals surface area contributed by atoms with E-state index in [1.165, 1.54) is 0 Å². The molecule has 1 rings (SSSR count). The predicted octanol–water partition coefficient (Wildman–Crippen LogP) is 4.93. The molecular formula is C20H37NO4. The lowest BCUT2D eigenvalue weighted by molar-refractivity contribution is -0.176. The summed E-state index contributed by atoms with van der Waals surface area (Å²) in [5, 5.41) is 0. The topological polar surface area (TPSA) is 55.8 Å². The zero-order valence-corrected chi connectivity index (χ0v) is 17.2. The van der Waals surface area contributed by atoms with Crippen LogP contribution in [0.1, 0.15) is 87.0 Å². The highest BCUT2D eigenvalue weighted by Gasteiger charge is 2.41. The average molecular weight is 356 g/mol. The van der Waals surface area contributed by atoms with Crippen LogP contribution in [0.25, 0.3) is 0 Å². The highest BCUT2D eigenvalue weighted by molar-refractivity contribution is 5.76. The molecule has 146 valence electrons. The van der Waals surface area contributed by atoms with Gasteiger partial charge in [0.25, 0.3) is 0 Å². The molecule has 1 saturated heterocycles. The summed E-state index contributed by atoms with van der Waals surface area (Å²) in [6, 6.07) is 0. The molecule has 5 nitrogen and oxygen atoms in total. The van der Waals surface area contributed by atoms with Gasteiger partial charge in [0.05, 0.1) is 5.41 Å². The number of ether oxygens (including phenoxy) is 2. The number of carbonyl (C=O) groups excluding carboxylic acids is 2. The Morgan fingerprint density at radius 3 is 2.04 bits per heavy atom. The van der Waals surface area contributed by atoms with Crippen molar-refractivity contribution in [3.05, 3.63) is 0 Å². The minimum Gasteiger partial charge on any atom is -0.459 e. The van der Waals surface area contributed by atoms with Gasteiger partial charge in [-0.3, -0.25) is 4.79 Å². The second-order valence-electron chi connectivity index (χ2n) is 8.53. The second-order valence-corrected chi connectivity index (χ2v) is 8.53. The summed E-state index contributed by atoms with van der Waals surface area (Å²) in [5.41, 5.74) is -1.37. The fourth-order valence-electron chi connectivity index (χ4n) is 3.06. The second kappa shape index (κ2) is 8.41. The first-order chi connectivity index (χ1) is 11.5. The molecule has 0 radical (unpaired) electrons. The molecule has 0 N–H and O–H groups in total. The van der Waals surface area contributed by atoms with Gasteiger partial charge >= 0.3 is 12.1 Å². The third kappa shape index (κ3) is 5.89. The SMILES string of the molecule is CCCC(C)(C)OC(=O)N1CCC(CC)(OC(=O)C(C)(C)CC)CC1. The Hall–Kier alpha value is -1.26. The molecular weight excluding hydrogens is 318 g/mol. The van der Waals surface area contributed by atoms with E-state index in [0.29, 0.717) is 25.9 Å². The molecule has 0 aromatic heterocycles. The fraction of sp³-hybridized carbons (Fsp3) is 0.900. The van der Waals surface area contributed by atoms with Gasteiger partial charge < -0.3 is 14.4 Å². The largest absolute Gasteiger partial charge is 0.459 e. The molecule has 1 aliphatic heterocycles. The summed E-state index contributed by atoms with van der Waals surface area (Å²) >= 11 is 0. The lowest BCUT2D eigenvalue weighted by Gasteiger charge is -2.42. The van der Waals surface area contributed by atoms with E-state index in [1.807, 2.05) is 41.5 Å². The number of amides is 1. The van der Waals surface area contributed by atoms with Crippen LogP contribution in [0.15, 0.2) is 0 Å². The molecule has 0 bridgehead atoms. The number of carbonyl (C=O) groups is 2. The molecule has 25 heavy (non-hydrogen) atoms. The Kier molecular flexibility index (Phi) is 7.33. The number of esters is 1. The van der Waals surface area contributed by atoms with Gasteiger partial charge in [-0.05, 0) is 47.0 Å². The molecule has 0 spiro atoms. The third-order valence-electron chi connectivity index (χ3n) is 5.54. The number of hydrogen-bond acceptors (Lipinski definition) is 4. The molecule has 0 aromatic carbocycles. The summed E-state index contributed by atoms with van der Waals surface area (Å²) in [7, 11) is 0. The van der Waals surface area contributed by atoms with Crippen LogP contribution in [0.3, 0.4) is 0 Å². The number of nitrogens with zero attached hydrogens (tertiary/aromatic N) is 1. The first kappa shape index (κ1) is 21.8. The fourth-order valence-corrected chi connectivity index (χ4v) is 3.06. The van der Waals surface area contributed by atoms with E-state index in [9.17, 15) is 9.59 Å². The van der Waals surface area contributed by atoms with E-state index < -0.39 is 16.6 Å². The molecule has 0 aromatic rings. The van der Waals surface area contributed by atoms with Crippen molar-refractivity contribution >= 4 is 12.1 Å². The summed E-state index contributed by atoms with van der Waals surface area (Å²) in [5.74, 6) is -0.142. The lowest BCUT2D eigenvalue weighted by Crippen LogP contribution is -2.51. The molecule has 5 heteroatoms. The van der Waals surface area contributed by atoms with E-state index in [2.05, 4.69) is 6.92 Å². The maximum Gasteiger partial charge on any atom is 0.410 e. The highest BCUT2D eigenvalue weighted by atomic mass is 16.6. The Bertz CT molecular complexity index is 462. The molecule has 1 amide bonds. The molecule has 0 saturated carbocycles. The van der Waals surface area contributed by atoms with Gasteiger partial charge in [-0.25, -0.2) is 4.79 Å². The van der Waals surface area contributed by atoms with Crippen LogP contribution in [0.5, 0.6) is 0 Å². The van der Waals surface area contributed by atoms with Crippen LogP contribution >= 0.6 is 0 Å². The maximum atomic E-state index is 12.5.